The van der Waals surface area contributed by atoms with E-state index in [0.29, 0.717) is 35.3 Å². The first-order valence-corrected chi connectivity index (χ1v) is 10.8. The molecule has 7 nitrogen and oxygen atoms in total. The van der Waals surface area contributed by atoms with Gasteiger partial charge in [-0.05, 0) is 43.2 Å². The molecular formula is C26H23N5O2. The van der Waals surface area contributed by atoms with E-state index in [1.165, 1.54) is 5.56 Å². The fourth-order valence-corrected chi connectivity index (χ4v) is 3.89. The van der Waals surface area contributed by atoms with Gasteiger partial charge in [-0.25, -0.2) is 0 Å². The van der Waals surface area contributed by atoms with Crippen molar-refractivity contribution in [2.75, 3.05) is 0 Å². The fraction of sp³-hybridized carbons (Fsp3) is 0.154. The third kappa shape index (κ3) is 4.01. The zero-order valence-corrected chi connectivity index (χ0v) is 18.4. The van der Waals surface area contributed by atoms with Crippen molar-refractivity contribution in [3.05, 3.63) is 111 Å². The second-order valence-electron chi connectivity index (χ2n) is 8.28. The molecule has 2 heterocycles. The number of carbonyl (C=O) groups is 1. The minimum Gasteiger partial charge on any atom is -0.348 e. The highest BCUT2D eigenvalue weighted by molar-refractivity contribution is 5.98. The van der Waals surface area contributed by atoms with Crippen LogP contribution in [0, 0.1) is 13.8 Å². The number of aryl methyl sites for hydroxylation is 2. The molecule has 5 aromatic rings. The Morgan fingerprint density at radius 1 is 0.909 bits per heavy atom. The molecule has 0 radical (unpaired) electrons. The van der Waals surface area contributed by atoms with Crippen LogP contribution in [-0.4, -0.2) is 25.1 Å². The molecule has 5 rings (SSSR count). The Hall–Kier alpha value is -4.26. The number of carbonyl (C=O) groups excluding carboxylic acids is 1. The number of nitrogens with zero attached hydrogens (tertiary/aromatic N) is 4. The Balaban J connectivity index is 1.51. The van der Waals surface area contributed by atoms with Crippen molar-refractivity contribution in [2.24, 2.45) is 0 Å². The van der Waals surface area contributed by atoms with Gasteiger partial charge in [-0.15, -0.1) is 10.2 Å². The molecule has 0 aliphatic heterocycles. The lowest BCUT2D eigenvalue weighted by molar-refractivity contribution is 0.0951. The lowest BCUT2D eigenvalue weighted by Crippen LogP contribution is -2.25. The minimum absolute atomic E-state index is 0.209. The molecule has 0 bridgehead atoms. The molecule has 7 heteroatoms. The molecular weight excluding hydrogens is 414 g/mol. The number of aromatic nitrogens is 4. The summed E-state index contributed by atoms with van der Waals surface area (Å²) >= 11 is 0. The van der Waals surface area contributed by atoms with Crippen molar-refractivity contribution in [3.63, 3.8) is 0 Å². The monoisotopic (exact) mass is 437 g/mol. The number of rotatable bonds is 5. The Kier molecular flexibility index (Phi) is 5.22. The molecule has 0 fully saturated rings. The quantitative estimate of drug-likeness (QED) is 0.455. The molecule has 0 aliphatic rings. The van der Waals surface area contributed by atoms with Gasteiger partial charge in [-0.1, -0.05) is 59.7 Å². The Morgan fingerprint density at radius 2 is 1.58 bits per heavy atom. The second kappa shape index (κ2) is 8.35. The second-order valence-corrected chi connectivity index (χ2v) is 8.28. The van der Waals surface area contributed by atoms with E-state index in [9.17, 15) is 9.59 Å². The van der Waals surface area contributed by atoms with Crippen molar-refractivity contribution in [1.82, 2.24) is 24.5 Å². The summed E-state index contributed by atoms with van der Waals surface area (Å²) in [7, 11) is 0. The average molecular weight is 438 g/mol. The molecule has 0 atom stereocenters. The standard InChI is InChI=1S/C26H23N5O2/c1-17-3-7-19(8-4-17)14-27-24(32)21-11-12-23-22(13-21)25(33)30(26-29-28-16-31(23)26)15-20-9-5-18(2)6-10-20/h3-13,16H,14-15H2,1-2H3,(H,27,32). The van der Waals surface area contributed by atoms with Crippen molar-refractivity contribution in [1.29, 1.82) is 0 Å². The van der Waals surface area contributed by atoms with E-state index in [0.717, 1.165) is 16.7 Å². The summed E-state index contributed by atoms with van der Waals surface area (Å²) in [5.74, 6) is 0.232. The van der Waals surface area contributed by atoms with Crippen molar-refractivity contribution in [2.45, 2.75) is 26.9 Å². The SMILES string of the molecule is Cc1ccc(CNC(=O)c2ccc3c(c2)c(=O)n(Cc2ccc(C)cc2)c2nncn32)cc1. The predicted octanol–water partition coefficient (Wildman–Crippen LogP) is 3.64. The first kappa shape index (κ1) is 20.6. The van der Waals surface area contributed by atoms with Crippen LogP contribution >= 0.6 is 0 Å². The third-order valence-electron chi connectivity index (χ3n) is 5.80. The summed E-state index contributed by atoms with van der Waals surface area (Å²) in [6.45, 7) is 4.82. The molecule has 0 saturated carbocycles. The molecule has 0 unspecified atom stereocenters. The molecule has 1 N–H and O–H groups in total. The van der Waals surface area contributed by atoms with Crippen LogP contribution in [0.2, 0.25) is 0 Å². The highest BCUT2D eigenvalue weighted by atomic mass is 16.1. The maximum atomic E-state index is 13.4. The predicted molar refractivity (Wildman–Crippen MR) is 127 cm³/mol. The molecule has 0 spiro atoms. The van der Waals surface area contributed by atoms with Crippen molar-refractivity contribution in [3.8, 4) is 0 Å². The van der Waals surface area contributed by atoms with Gasteiger partial charge in [0.15, 0.2) is 0 Å². The summed E-state index contributed by atoms with van der Waals surface area (Å²) in [6, 6.07) is 21.1. The summed E-state index contributed by atoms with van der Waals surface area (Å²) in [5.41, 5.74) is 5.20. The van der Waals surface area contributed by atoms with Crippen LogP contribution in [0.3, 0.4) is 0 Å². The maximum absolute atomic E-state index is 13.4. The Labute approximate surface area is 190 Å². The van der Waals surface area contributed by atoms with Crippen LogP contribution in [0.25, 0.3) is 16.7 Å². The summed E-state index contributed by atoms with van der Waals surface area (Å²) < 4.78 is 3.37. The van der Waals surface area contributed by atoms with Crippen molar-refractivity contribution >= 4 is 22.6 Å². The van der Waals surface area contributed by atoms with E-state index >= 15 is 0 Å². The van der Waals surface area contributed by atoms with E-state index in [1.807, 2.05) is 62.4 Å². The van der Waals surface area contributed by atoms with E-state index in [2.05, 4.69) is 15.5 Å². The number of hydrogen-bond acceptors (Lipinski definition) is 4. The van der Waals surface area contributed by atoms with Gasteiger partial charge in [-0.2, -0.15) is 0 Å². The molecule has 3 aromatic carbocycles. The minimum atomic E-state index is -0.231. The van der Waals surface area contributed by atoms with Gasteiger partial charge >= 0.3 is 0 Å². The number of hydrogen-bond donors (Lipinski definition) is 1. The first-order chi connectivity index (χ1) is 16.0. The first-order valence-electron chi connectivity index (χ1n) is 10.8. The van der Waals surface area contributed by atoms with E-state index in [4.69, 9.17) is 0 Å². The lowest BCUT2D eigenvalue weighted by atomic mass is 10.1. The number of amides is 1. The Morgan fingerprint density at radius 3 is 2.27 bits per heavy atom. The highest BCUT2D eigenvalue weighted by Crippen LogP contribution is 2.16. The highest BCUT2D eigenvalue weighted by Gasteiger charge is 2.15. The van der Waals surface area contributed by atoms with E-state index in [-0.39, 0.29) is 11.5 Å². The molecule has 164 valence electrons. The van der Waals surface area contributed by atoms with Crippen LogP contribution in [0.4, 0.5) is 0 Å². The Bertz CT molecular complexity index is 1530. The molecule has 0 saturated heterocycles. The van der Waals surface area contributed by atoms with Gasteiger partial charge in [0.2, 0.25) is 5.78 Å². The average Bonchev–Trinajstić information content (AvgIpc) is 3.32. The van der Waals surface area contributed by atoms with E-state index in [1.54, 1.807) is 33.5 Å². The maximum Gasteiger partial charge on any atom is 0.263 e. The summed E-state index contributed by atoms with van der Waals surface area (Å²) in [4.78, 5) is 26.3. The van der Waals surface area contributed by atoms with Gasteiger partial charge in [0.1, 0.15) is 6.33 Å². The van der Waals surface area contributed by atoms with Crippen LogP contribution in [0.1, 0.15) is 32.6 Å². The number of fused-ring (bicyclic) bond motifs is 3. The zero-order chi connectivity index (χ0) is 22.9. The van der Waals surface area contributed by atoms with Crippen LogP contribution < -0.4 is 10.9 Å². The molecule has 0 aliphatic carbocycles. The smallest absolute Gasteiger partial charge is 0.263 e. The lowest BCUT2D eigenvalue weighted by Gasteiger charge is -2.12. The van der Waals surface area contributed by atoms with Gasteiger partial charge in [0.05, 0.1) is 17.4 Å². The van der Waals surface area contributed by atoms with Crippen LogP contribution in [-0.2, 0) is 13.1 Å². The normalized spacial score (nSPS) is 11.2. The van der Waals surface area contributed by atoms with Gasteiger partial charge in [-0.3, -0.25) is 18.6 Å². The topological polar surface area (TPSA) is 81.3 Å². The summed E-state index contributed by atoms with van der Waals surface area (Å²) in [6.07, 6.45) is 1.58. The van der Waals surface area contributed by atoms with Gasteiger partial charge in [0, 0.05) is 12.1 Å². The zero-order valence-electron chi connectivity index (χ0n) is 18.4. The van der Waals surface area contributed by atoms with E-state index < -0.39 is 0 Å². The third-order valence-corrected chi connectivity index (χ3v) is 5.80. The fourth-order valence-electron chi connectivity index (χ4n) is 3.89. The number of benzene rings is 3. The largest absolute Gasteiger partial charge is 0.348 e. The number of nitrogens with one attached hydrogen (secondary N) is 1. The van der Waals surface area contributed by atoms with Crippen LogP contribution in [0.15, 0.2) is 77.9 Å². The van der Waals surface area contributed by atoms with Gasteiger partial charge < -0.3 is 5.32 Å². The molecule has 33 heavy (non-hydrogen) atoms. The summed E-state index contributed by atoms with van der Waals surface area (Å²) in [5, 5.41) is 11.5. The molecule has 2 aromatic heterocycles. The van der Waals surface area contributed by atoms with Crippen LogP contribution in [0.5, 0.6) is 0 Å². The van der Waals surface area contributed by atoms with Crippen molar-refractivity contribution < 1.29 is 4.79 Å². The van der Waals surface area contributed by atoms with Gasteiger partial charge in [0.25, 0.3) is 11.5 Å². The molecule has 1 amide bonds.